The highest BCUT2D eigenvalue weighted by molar-refractivity contribution is 5.98. The molecule has 1 aromatic heterocycles. The van der Waals surface area contributed by atoms with Gasteiger partial charge in [0.1, 0.15) is 17.3 Å². The molecule has 3 aromatic rings. The van der Waals surface area contributed by atoms with Crippen molar-refractivity contribution in [2.24, 2.45) is 0 Å². The number of benzene rings is 2. The molecule has 1 amide bonds. The van der Waals surface area contributed by atoms with Crippen molar-refractivity contribution < 1.29 is 9.53 Å². The van der Waals surface area contributed by atoms with Crippen LogP contribution in [0.5, 0.6) is 11.5 Å². The molecule has 0 bridgehead atoms. The first kappa shape index (κ1) is 20.4. The average Bonchev–Trinajstić information content (AvgIpc) is 2.75. The number of rotatable bonds is 8. The SMILES string of the molecule is CCC(CC)c1ccc(Oc2ccc(CNC(=O)c3cccnc3N)cc2)cc1. The lowest BCUT2D eigenvalue weighted by atomic mass is 9.94. The van der Waals surface area contributed by atoms with Crippen molar-refractivity contribution >= 4 is 11.7 Å². The summed E-state index contributed by atoms with van der Waals surface area (Å²) in [6, 6.07) is 19.3. The van der Waals surface area contributed by atoms with E-state index < -0.39 is 0 Å². The predicted molar refractivity (Wildman–Crippen MR) is 116 cm³/mol. The van der Waals surface area contributed by atoms with Gasteiger partial charge in [-0.05, 0) is 66.3 Å². The minimum Gasteiger partial charge on any atom is -0.457 e. The van der Waals surface area contributed by atoms with E-state index in [4.69, 9.17) is 10.5 Å². The minimum atomic E-state index is -0.242. The fraction of sp³-hybridized carbons (Fsp3) is 0.250. The molecule has 0 saturated carbocycles. The van der Waals surface area contributed by atoms with Crippen LogP contribution in [0.3, 0.4) is 0 Å². The lowest BCUT2D eigenvalue weighted by molar-refractivity contribution is 0.0951. The highest BCUT2D eigenvalue weighted by Crippen LogP contribution is 2.27. The quantitative estimate of drug-likeness (QED) is 0.549. The number of pyridine rings is 1. The molecule has 0 unspecified atom stereocenters. The highest BCUT2D eigenvalue weighted by Gasteiger charge is 2.10. The first-order valence-electron chi connectivity index (χ1n) is 9.96. The van der Waals surface area contributed by atoms with Crippen LogP contribution in [0.2, 0.25) is 0 Å². The van der Waals surface area contributed by atoms with Gasteiger partial charge in [0.15, 0.2) is 0 Å². The molecule has 29 heavy (non-hydrogen) atoms. The van der Waals surface area contributed by atoms with Crippen molar-refractivity contribution in [1.29, 1.82) is 0 Å². The smallest absolute Gasteiger partial charge is 0.255 e. The zero-order chi connectivity index (χ0) is 20.6. The zero-order valence-electron chi connectivity index (χ0n) is 16.9. The van der Waals surface area contributed by atoms with Crippen LogP contribution in [0.25, 0.3) is 0 Å². The number of nitrogens with zero attached hydrogens (tertiary/aromatic N) is 1. The second-order valence-corrected chi connectivity index (χ2v) is 6.95. The van der Waals surface area contributed by atoms with Gasteiger partial charge in [-0.3, -0.25) is 4.79 Å². The van der Waals surface area contributed by atoms with E-state index in [1.807, 2.05) is 36.4 Å². The first-order chi connectivity index (χ1) is 14.1. The molecule has 0 aliphatic carbocycles. The Kier molecular flexibility index (Phi) is 6.85. The van der Waals surface area contributed by atoms with Gasteiger partial charge in [0.05, 0.1) is 5.56 Å². The molecule has 5 nitrogen and oxygen atoms in total. The van der Waals surface area contributed by atoms with Crippen LogP contribution in [0.4, 0.5) is 5.82 Å². The Bertz CT molecular complexity index is 933. The van der Waals surface area contributed by atoms with Gasteiger partial charge in [0.2, 0.25) is 0 Å². The van der Waals surface area contributed by atoms with Crippen molar-refractivity contribution in [3.8, 4) is 11.5 Å². The van der Waals surface area contributed by atoms with Crippen LogP contribution in [0.1, 0.15) is 54.1 Å². The number of hydrogen-bond donors (Lipinski definition) is 2. The summed E-state index contributed by atoms with van der Waals surface area (Å²) in [4.78, 5) is 16.1. The number of nitrogens with two attached hydrogens (primary N) is 1. The fourth-order valence-corrected chi connectivity index (χ4v) is 3.27. The van der Waals surface area contributed by atoms with Crippen LogP contribution in [-0.2, 0) is 6.54 Å². The fourth-order valence-electron chi connectivity index (χ4n) is 3.27. The molecule has 0 aliphatic heterocycles. The molecule has 0 spiro atoms. The second-order valence-electron chi connectivity index (χ2n) is 6.95. The molecule has 0 saturated heterocycles. The van der Waals surface area contributed by atoms with Gasteiger partial charge < -0.3 is 15.8 Å². The Balaban J connectivity index is 1.56. The number of carbonyl (C=O) groups excluding carboxylic acids is 1. The molecule has 150 valence electrons. The van der Waals surface area contributed by atoms with Crippen LogP contribution >= 0.6 is 0 Å². The Morgan fingerprint density at radius 1 is 1.00 bits per heavy atom. The minimum absolute atomic E-state index is 0.226. The summed E-state index contributed by atoms with van der Waals surface area (Å²) in [5.74, 6) is 2.15. The van der Waals surface area contributed by atoms with E-state index in [-0.39, 0.29) is 11.7 Å². The van der Waals surface area contributed by atoms with Gasteiger partial charge in [-0.1, -0.05) is 38.1 Å². The zero-order valence-corrected chi connectivity index (χ0v) is 16.9. The topological polar surface area (TPSA) is 77.2 Å². The number of ether oxygens (including phenoxy) is 1. The molecule has 0 radical (unpaired) electrons. The van der Waals surface area contributed by atoms with E-state index in [2.05, 4.69) is 36.3 Å². The van der Waals surface area contributed by atoms with Gasteiger partial charge in [-0.15, -0.1) is 0 Å². The van der Waals surface area contributed by atoms with Crippen molar-refractivity contribution in [3.63, 3.8) is 0 Å². The lowest BCUT2D eigenvalue weighted by Crippen LogP contribution is -2.24. The van der Waals surface area contributed by atoms with Crippen molar-refractivity contribution in [3.05, 3.63) is 83.6 Å². The molecule has 3 rings (SSSR count). The van der Waals surface area contributed by atoms with Crippen LogP contribution in [-0.4, -0.2) is 10.9 Å². The summed E-state index contributed by atoms with van der Waals surface area (Å²) in [7, 11) is 0. The summed E-state index contributed by atoms with van der Waals surface area (Å²) in [5, 5.41) is 2.85. The van der Waals surface area contributed by atoms with Gasteiger partial charge in [-0.25, -0.2) is 4.98 Å². The number of amides is 1. The van der Waals surface area contributed by atoms with E-state index in [1.165, 1.54) is 5.56 Å². The third kappa shape index (κ3) is 5.35. The van der Waals surface area contributed by atoms with Gasteiger partial charge in [0.25, 0.3) is 5.91 Å². The third-order valence-electron chi connectivity index (χ3n) is 5.03. The van der Waals surface area contributed by atoms with Crippen molar-refractivity contribution in [2.45, 2.75) is 39.2 Å². The van der Waals surface area contributed by atoms with E-state index in [0.29, 0.717) is 18.0 Å². The molecular formula is C24H27N3O2. The van der Waals surface area contributed by atoms with E-state index in [1.54, 1.807) is 18.3 Å². The Morgan fingerprint density at radius 3 is 2.21 bits per heavy atom. The van der Waals surface area contributed by atoms with Crippen molar-refractivity contribution in [1.82, 2.24) is 10.3 Å². The second kappa shape index (κ2) is 9.73. The van der Waals surface area contributed by atoms with Crippen molar-refractivity contribution in [2.75, 3.05) is 5.73 Å². The molecule has 0 fully saturated rings. The number of carbonyl (C=O) groups is 1. The van der Waals surface area contributed by atoms with Gasteiger partial charge in [0, 0.05) is 12.7 Å². The predicted octanol–water partition coefficient (Wildman–Crippen LogP) is 5.29. The van der Waals surface area contributed by atoms with Crippen LogP contribution in [0.15, 0.2) is 66.9 Å². The summed E-state index contributed by atoms with van der Waals surface area (Å²) < 4.78 is 5.93. The van der Waals surface area contributed by atoms with Gasteiger partial charge >= 0.3 is 0 Å². The van der Waals surface area contributed by atoms with Gasteiger partial charge in [-0.2, -0.15) is 0 Å². The summed E-state index contributed by atoms with van der Waals surface area (Å²) >= 11 is 0. The summed E-state index contributed by atoms with van der Waals surface area (Å²) in [5.41, 5.74) is 8.44. The lowest BCUT2D eigenvalue weighted by Gasteiger charge is -2.13. The number of nitrogen functional groups attached to an aromatic ring is 1. The van der Waals surface area contributed by atoms with E-state index >= 15 is 0 Å². The maximum absolute atomic E-state index is 12.2. The number of nitrogens with one attached hydrogen (secondary N) is 1. The van der Waals surface area contributed by atoms with E-state index in [9.17, 15) is 4.79 Å². The molecule has 0 aliphatic rings. The third-order valence-corrected chi connectivity index (χ3v) is 5.03. The first-order valence-corrected chi connectivity index (χ1v) is 9.96. The highest BCUT2D eigenvalue weighted by atomic mass is 16.5. The summed E-state index contributed by atoms with van der Waals surface area (Å²) in [6.45, 7) is 4.83. The molecule has 3 N–H and O–H groups in total. The number of aromatic nitrogens is 1. The molecule has 1 heterocycles. The van der Waals surface area contributed by atoms with Crippen LogP contribution in [0, 0.1) is 0 Å². The Hall–Kier alpha value is -3.34. The molecular weight excluding hydrogens is 362 g/mol. The maximum Gasteiger partial charge on any atom is 0.255 e. The number of anilines is 1. The normalized spacial score (nSPS) is 10.7. The Labute approximate surface area is 171 Å². The van der Waals surface area contributed by atoms with E-state index in [0.717, 1.165) is 29.9 Å². The largest absolute Gasteiger partial charge is 0.457 e. The molecule has 2 aromatic carbocycles. The maximum atomic E-state index is 12.2. The molecule has 0 atom stereocenters. The Morgan fingerprint density at radius 2 is 1.62 bits per heavy atom. The number of hydrogen-bond acceptors (Lipinski definition) is 4. The van der Waals surface area contributed by atoms with Crippen LogP contribution < -0.4 is 15.8 Å². The monoisotopic (exact) mass is 389 g/mol. The standard InChI is InChI=1S/C24H27N3O2/c1-3-18(4-2)19-9-13-21(14-10-19)29-20-11-7-17(8-12-20)16-27-24(28)22-6-5-15-26-23(22)25/h5-15,18H,3-4,16H2,1-2H3,(H2,25,26)(H,27,28). The summed E-state index contributed by atoms with van der Waals surface area (Å²) in [6.07, 6.45) is 3.84. The molecule has 5 heteroatoms. The average molecular weight is 389 g/mol.